The van der Waals surface area contributed by atoms with Crippen molar-refractivity contribution in [2.24, 2.45) is 0 Å². The molecule has 7 heteroatoms. The number of carbonyl (C=O) groups excluding carboxylic acids is 1. The Labute approximate surface area is 104 Å². The molecule has 0 aromatic carbocycles. The van der Waals surface area contributed by atoms with E-state index in [1.807, 2.05) is 6.92 Å². The van der Waals surface area contributed by atoms with Crippen molar-refractivity contribution in [2.75, 3.05) is 0 Å². The van der Waals surface area contributed by atoms with E-state index in [-0.39, 0.29) is 41.3 Å². The standard InChI is InChI=1S/C8H9NO3S.2ClH/c1-4-5(8(11)12)3-9-6(10)2-7(9)13-4;;/h3-4,7H,2H2,1H3,(H,11,12);2*1H/t4?,7-;;/m1../s1. The Bertz CT molecular complexity index is 321. The second-order valence-corrected chi connectivity index (χ2v) is 4.65. The molecule has 0 radical (unpaired) electrons. The van der Waals surface area contributed by atoms with Gasteiger partial charge in [-0.3, -0.25) is 4.79 Å². The number of carboxylic acids is 1. The Balaban J connectivity index is 0.000000980. The molecule has 2 atom stereocenters. The Hall–Kier alpha value is -0.390. The van der Waals surface area contributed by atoms with Gasteiger partial charge in [0.15, 0.2) is 0 Å². The fraction of sp³-hybridized carbons (Fsp3) is 0.500. The smallest absolute Gasteiger partial charge is 0.334 e. The maximum Gasteiger partial charge on any atom is 0.334 e. The first-order valence-electron chi connectivity index (χ1n) is 4.01. The first kappa shape index (κ1) is 14.6. The number of nitrogens with zero attached hydrogens (tertiary/aromatic N) is 1. The van der Waals surface area contributed by atoms with Crippen molar-refractivity contribution in [3.05, 3.63) is 11.8 Å². The summed E-state index contributed by atoms with van der Waals surface area (Å²) in [5, 5.41) is 8.95. The zero-order valence-corrected chi connectivity index (χ0v) is 10.3. The quantitative estimate of drug-likeness (QED) is 0.735. The minimum absolute atomic E-state index is 0. The van der Waals surface area contributed by atoms with Gasteiger partial charge in [-0.25, -0.2) is 4.79 Å². The fourth-order valence-electron chi connectivity index (χ4n) is 1.46. The van der Waals surface area contributed by atoms with E-state index in [0.29, 0.717) is 12.0 Å². The predicted octanol–water partition coefficient (Wildman–Crippen LogP) is 1.49. The number of carbonyl (C=O) groups is 2. The highest BCUT2D eigenvalue weighted by Crippen LogP contribution is 2.39. The number of β-lactam (4-membered cyclic amide) rings is 1. The summed E-state index contributed by atoms with van der Waals surface area (Å²) < 4.78 is 0. The number of carboxylic acid groups (broad SMARTS) is 1. The summed E-state index contributed by atoms with van der Waals surface area (Å²) >= 11 is 1.53. The summed E-state index contributed by atoms with van der Waals surface area (Å²) in [6, 6.07) is 0. The molecule has 0 bridgehead atoms. The van der Waals surface area contributed by atoms with Gasteiger partial charge in [0.25, 0.3) is 0 Å². The van der Waals surface area contributed by atoms with Crippen molar-refractivity contribution in [3.63, 3.8) is 0 Å². The zero-order chi connectivity index (χ0) is 9.59. The number of halogens is 2. The summed E-state index contributed by atoms with van der Waals surface area (Å²) in [6.45, 7) is 1.85. The van der Waals surface area contributed by atoms with Crippen LogP contribution in [-0.2, 0) is 9.59 Å². The molecule has 1 fully saturated rings. The van der Waals surface area contributed by atoms with Crippen LogP contribution < -0.4 is 0 Å². The molecule has 0 spiro atoms. The summed E-state index contributed by atoms with van der Waals surface area (Å²) in [5.41, 5.74) is 0.314. The molecular formula is C8H11Cl2NO3S. The third-order valence-electron chi connectivity index (χ3n) is 2.27. The van der Waals surface area contributed by atoms with Crippen LogP contribution in [0.25, 0.3) is 0 Å². The number of thioether (sulfide) groups is 1. The van der Waals surface area contributed by atoms with Gasteiger partial charge < -0.3 is 10.0 Å². The van der Waals surface area contributed by atoms with Crippen molar-refractivity contribution in [1.29, 1.82) is 0 Å². The molecule has 2 aliphatic heterocycles. The molecule has 15 heavy (non-hydrogen) atoms. The lowest BCUT2D eigenvalue weighted by Crippen LogP contribution is -2.50. The van der Waals surface area contributed by atoms with E-state index >= 15 is 0 Å². The highest BCUT2D eigenvalue weighted by molar-refractivity contribution is 8.00. The molecule has 86 valence electrons. The van der Waals surface area contributed by atoms with E-state index in [9.17, 15) is 9.59 Å². The first-order valence-corrected chi connectivity index (χ1v) is 4.95. The maximum absolute atomic E-state index is 11.0. The zero-order valence-electron chi connectivity index (χ0n) is 7.87. The molecule has 2 rings (SSSR count). The van der Waals surface area contributed by atoms with Crippen LogP contribution in [0.1, 0.15) is 13.3 Å². The van der Waals surface area contributed by atoms with Crippen molar-refractivity contribution in [1.82, 2.24) is 4.90 Å². The van der Waals surface area contributed by atoms with E-state index in [1.165, 1.54) is 22.9 Å². The normalized spacial score (nSPS) is 27.7. The Morgan fingerprint density at radius 1 is 1.60 bits per heavy atom. The fourth-order valence-corrected chi connectivity index (χ4v) is 2.79. The van der Waals surface area contributed by atoms with Crippen LogP contribution in [0, 0.1) is 0 Å². The predicted molar refractivity (Wildman–Crippen MR) is 62.5 cm³/mol. The van der Waals surface area contributed by atoms with Gasteiger partial charge in [0.05, 0.1) is 17.4 Å². The van der Waals surface area contributed by atoms with Crippen LogP contribution in [0.3, 0.4) is 0 Å². The van der Waals surface area contributed by atoms with Crippen molar-refractivity contribution < 1.29 is 14.7 Å². The van der Waals surface area contributed by atoms with Crippen LogP contribution >= 0.6 is 36.6 Å². The third-order valence-corrected chi connectivity index (χ3v) is 3.64. The molecular weight excluding hydrogens is 261 g/mol. The minimum atomic E-state index is -0.932. The highest BCUT2D eigenvalue weighted by Gasteiger charge is 2.41. The molecule has 0 aromatic rings. The monoisotopic (exact) mass is 271 g/mol. The van der Waals surface area contributed by atoms with Gasteiger partial charge in [0.2, 0.25) is 5.91 Å². The second-order valence-electron chi connectivity index (χ2n) is 3.13. The molecule has 1 unspecified atom stereocenters. The second kappa shape index (κ2) is 5.09. The van der Waals surface area contributed by atoms with Crippen molar-refractivity contribution in [3.8, 4) is 0 Å². The van der Waals surface area contributed by atoms with Crippen molar-refractivity contribution in [2.45, 2.75) is 24.0 Å². The lowest BCUT2D eigenvalue weighted by molar-refractivity contribution is -0.138. The number of amides is 1. The lowest BCUT2D eigenvalue weighted by atomic mass is 10.1. The summed E-state index contributed by atoms with van der Waals surface area (Å²) in [5.74, 6) is -0.915. The van der Waals surface area contributed by atoms with Crippen LogP contribution in [0.4, 0.5) is 0 Å². The Morgan fingerprint density at radius 3 is 2.67 bits per heavy atom. The maximum atomic E-state index is 11.0. The van der Waals surface area contributed by atoms with Crippen LogP contribution in [-0.4, -0.2) is 32.5 Å². The first-order chi connectivity index (χ1) is 6.09. The molecule has 4 nitrogen and oxygen atoms in total. The van der Waals surface area contributed by atoms with Gasteiger partial charge in [-0.1, -0.05) is 0 Å². The number of hydrogen-bond donors (Lipinski definition) is 1. The minimum Gasteiger partial charge on any atom is -0.478 e. The number of rotatable bonds is 1. The highest BCUT2D eigenvalue weighted by atomic mass is 35.5. The van der Waals surface area contributed by atoms with Crippen LogP contribution in [0.15, 0.2) is 11.8 Å². The molecule has 2 aliphatic rings. The van der Waals surface area contributed by atoms with E-state index in [1.54, 1.807) is 0 Å². The molecule has 0 aromatic heterocycles. The van der Waals surface area contributed by atoms with Crippen LogP contribution in [0.2, 0.25) is 0 Å². The van der Waals surface area contributed by atoms with Crippen molar-refractivity contribution >= 4 is 48.5 Å². The molecule has 1 N–H and O–H groups in total. The van der Waals surface area contributed by atoms with Gasteiger partial charge in [-0.2, -0.15) is 0 Å². The Morgan fingerprint density at radius 2 is 2.20 bits per heavy atom. The SMILES string of the molecule is CC1S[C@@H]2CC(=O)N2C=C1C(=O)O.Cl.Cl. The molecule has 1 amide bonds. The van der Waals surface area contributed by atoms with Crippen LogP contribution in [0.5, 0.6) is 0 Å². The summed E-state index contributed by atoms with van der Waals surface area (Å²) in [6.07, 6.45) is 2.01. The van der Waals surface area contributed by atoms with Gasteiger partial charge in [0.1, 0.15) is 0 Å². The molecule has 0 saturated carbocycles. The van der Waals surface area contributed by atoms with E-state index in [4.69, 9.17) is 5.11 Å². The van der Waals surface area contributed by atoms with E-state index < -0.39 is 5.97 Å². The molecule has 2 heterocycles. The van der Waals surface area contributed by atoms with E-state index in [2.05, 4.69) is 0 Å². The average molecular weight is 272 g/mol. The largest absolute Gasteiger partial charge is 0.478 e. The van der Waals surface area contributed by atoms with Gasteiger partial charge in [0, 0.05) is 11.4 Å². The van der Waals surface area contributed by atoms with Gasteiger partial charge >= 0.3 is 5.97 Å². The third kappa shape index (κ3) is 2.41. The summed E-state index contributed by atoms with van der Waals surface area (Å²) in [4.78, 5) is 23.3. The van der Waals surface area contributed by atoms with E-state index in [0.717, 1.165) is 0 Å². The average Bonchev–Trinajstić information content (AvgIpc) is 2.02. The Kier molecular flexibility index (Phi) is 4.96. The molecule has 1 saturated heterocycles. The molecule has 0 aliphatic carbocycles. The van der Waals surface area contributed by atoms with Gasteiger partial charge in [-0.15, -0.1) is 36.6 Å². The summed E-state index contributed by atoms with van der Waals surface area (Å²) in [7, 11) is 0. The number of fused-ring (bicyclic) bond motifs is 1. The topological polar surface area (TPSA) is 57.6 Å². The lowest BCUT2D eigenvalue weighted by Gasteiger charge is -2.42. The van der Waals surface area contributed by atoms with Gasteiger partial charge in [-0.05, 0) is 6.92 Å². The number of hydrogen-bond acceptors (Lipinski definition) is 3. The number of aliphatic carboxylic acids is 1.